The van der Waals surface area contributed by atoms with Crippen LogP contribution in [-0.4, -0.2) is 46.2 Å². The predicted octanol–water partition coefficient (Wildman–Crippen LogP) is 7.38. The molecule has 0 aliphatic carbocycles. The van der Waals surface area contributed by atoms with Crippen molar-refractivity contribution in [2.24, 2.45) is 0 Å². The molecule has 0 atom stereocenters. The maximum absolute atomic E-state index is 6.47. The van der Waals surface area contributed by atoms with E-state index >= 15 is 0 Å². The summed E-state index contributed by atoms with van der Waals surface area (Å²) in [6, 6.07) is 31.3. The number of fused-ring (bicyclic) bond motifs is 1. The number of rotatable bonds is 10. The molecule has 0 saturated carbocycles. The minimum atomic E-state index is 0.333. The quantitative estimate of drug-likeness (QED) is 0.177. The first-order valence-electron chi connectivity index (χ1n) is 12.4. The zero-order chi connectivity index (χ0) is 25.6. The van der Waals surface area contributed by atoms with Gasteiger partial charge in [-0.15, -0.1) is 0 Å². The molecular formula is C30H29BrClN5. The highest BCUT2D eigenvalue weighted by Gasteiger charge is 2.17. The third-order valence-corrected chi connectivity index (χ3v) is 7.39. The lowest BCUT2D eigenvalue weighted by Gasteiger charge is -2.25. The van der Waals surface area contributed by atoms with E-state index in [1.54, 1.807) is 6.20 Å². The van der Waals surface area contributed by atoms with Crippen molar-refractivity contribution in [3.05, 3.63) is 118 Å². The average molecular weight is 575 g/mol. The van der Waals surface area contributed by atoms with Crippen LogP contribution in [0.2, 0.25) is 5.02 Å². The molecule has 2 aromatic heterocycles. The number of anilines is 1. The maximum Gasteiger partial charge on any atom is 0.172 e. The third-order valence-electron chi connectivity index (χ3n) is 6.50. The number of halogens is 2. The molecule has 0 amide bonds. The number of benzene rings is 3. The predicted molar refractivity (Wildman–Crippen MR) is 156 cm³/mol. The molecule has 7 heteroatoms. The third kappa shape index (κ3) is 6.04. The van der Waals surface area contributed by atoms with Gasteiger partial charge in [-0.25, -0.2) is 4.98 Å². The monoisotopic (exact) mass is 573 g/mol. The molecular weight excluding hydrogens is 546 g/mol. The smallest absolute Gasteiger partial charge is 0.172 e. The Morgan fingerprint density at radius 2 is 1.59 bits per heavy atom. The molecule has 0 spiro atoms. The number of aromatic nitrogens is 3. The van der Waals surface area contributed by atoms with E-state index in [0.717, 1.165) is 53.3 Å². The summed E-state index contributed by atoms with van der Waals surface area (Å²) in [6.07, 6.45) is 2.76. The van der Waals surface area contributed by atoms with E-state index in [0.29, 0.717) is 10.9 Å². The van der Waals surface area contributed by atoms with Gasteiger partial charge in [-0.2, -0.15) is 9.61 Å². The summed E-state index contributed by atoms with van der Waals surface area (Å²) in [6.45, 7) is 2.73. The van der Waals surface area contributed by atoms with E-state index in [1.165, 1.54) is 11.1 Å². The van der Waals surface area contributed by atoms with E-state index in [9.17, 15) is 0 Å². The molecule has 5 rings (SSSR count). The number of likely N-dealkylation sites (N-methyl/N-ethyl adjacent to an activating group) is 1. The zero-order valence-corrected chi connectivity index (χ0v) is 23.0. The van der Waals surface area contributed by atoms with E-state index in [4.69, 9.17) is 16.6 Å². The summed E-state index contributed by atoms with van der Waals surface area (Å²) in [7, 11) is 2.20. The van der Waals surface area contributed by atoms with E-state index in [1.807, 2.05) is 34.8 Å². The Morgan fingerprint density at radius 3 is 2.27 bits per heavy atom. The molecule has 37 heavy (non-hydrogen) atoms. The van der Waals surface area contributed by atoms with Gasteiger partial charge in [-0.05, 0) is 53.1 Å². The van der Waals surface area contributed by atoms with Crippen molar-refractivity contribution in [1.29, 1.82) is 0 Å². The number of nitrogens with one attached hydrogen (secondary N) is 1. The Labute approximate surface area is 231 Å². The average Bonchev–Trinajstić information content (AvgIpc) is 3.31. The number of hydrogen-bond donors (Lipinski definition) is 1. The first-order chi connectivity index (χ1) is 18.1. The van der Waals surface area contributed by atoms with Crippen molar-refractivity contribution in [2.75, 3.05) is 32.0 Å². The highest BCUT2D eigenvalue weighted by molar-refractivity contribution is 9.10. The first-order valence-corrected chi connectivity index (χ1v) is 13.6. The molecule has 0 aliphatic heterocycles. The van der Waals surface area contributed by atoms with Crippen molar-refractivity contribution < 1.29 is 0 Å². The number of hydrogen-bond acceptors (Lipinski definition) is 4. The van der Waals surface area contributed by atoms with Gasteiger partial charge in [0.2, 0.25) is 0 Å². The molecule has 1 N–H and O–H groups in total. The number of nitrogens with zero attached hydrogens (tertiary/aromatic N) is 4. The van der Waals surface area contributed by atoms with Crippen LogP contribution in [0.1, 0.15) is 23.5 Å². The van der Waals surface area contributed by atoms with Crippen LogP contribution < -0.4 is 5.32 Å². The van der Waals surface area contributed by atoms with E-state index in [-0.39, 0.29) is 0 Å². The lowest BCUT2D eigenvalue weighted by Crippen LogP contribution is -2.27. The standard InChI is InChI=1S/C30H29BrClN5/c1-36(21-25(22-11-4-2-5-12-22)23-13-6-3-7-14-23)18-10-17-33-29-19-28(24-15-8-9-16-27(24)32)35-30-26(31)20-34-37(29)30/h2-9,11-16,19-20,25,33H,10,17-18,21H2,1H3. The van der Waals surface area contributed by atoms with E-state index < -0.39 is 0 Å². The van der Waals surface area contributed by atoms with Crippen LogP contribution in [0.25, 0.3) is 16.9 Å². The largest absolute Gasteiger partial charge is 0.370 e. The van der Waals surface area contributed by atoms with Crippen LogP contribution in [0, 0.1) is 0 Å². The normalized spacial score (nSPS) is 11.5. The van der Waals surface area contributed by atoms with Crippen molar-refractivity contribution >= 4 is 39.0 Å². The Balaban J connectivity index is 1.26. The summed E-state index contributed by atoms with van der Waals surface area (Å²) >= 11 is 10.0. The Hall–Kier alpha value is -3.19. The van der Waals surface area contributed by atoms with Crippen molar-refractivity contribution in [2.45, 2.75) is 12.3 Å². The molecule has 0 saturated heterocycles. The van der Waals surface area contributed by atoms with Gasteiger partial charge >= 0.3 is 0 Å². The Morgan fingerprint density at radius 1 is 0.946 bits per heavy atom. The second kappa shape index (κ2) is 11.9. The maximum atomic E-state index is 6.47. The minimum Gasteiger partial charge on any atom is -0.370 e. The highest BCUT2D eigenvalue weighted by atomic mass is 79.9. The first kappa shape index (κ1) is 25.5. The van der Waals surface area contributed by atoms with Crippen LogP contribution in [0.5, 0.6) is 0 Å². The molecule has 0 bridgehead atoms. The van der Waals surface area contributed by atoms with Crippen LogP contribution in [0.3, 0.4) is 0 Å². The second-order valence-electron chi connectivity index (χ2n) is 9.15. The molecule has 5 aromatic rings. The van der Waals surface area contributed by atoms with Crippen molar-refractivity contribution in [3.63, 3.8) is 0 Å². The molecule has 188 valence electrons. The van der Waals surface area contributed by atoms with Crippen molar-refractivity contribution in [3.8, 4) is 11.3 Å². The fraction of sp³-hybridized carbons (Fsp3) is 0.200. The summed E-state index contributed by atoms with van der Waals surface area (Å²) in [5.74, 6) is 1.22. The molecule has 0 aliphatic rings. The molecule has 0 fully saturated rings. The summed E-state index contributed by atoms with van der Waals surface area (Å²) in [4.78, 5) is 7.20. The lowest BCUT2D eigenvalue weighted by atomic mass is 9.91. The molecule has 0 unspecified atom stereocenters. The van der Waals surface area contributed by atoms with Crippen LogP contribution in [-0.2, 0) is 0 Å². The van der Waals surface area contributed by atoms with Gasteiger partial charge in [0.15, 0.2) is 5.65 Å². The Bertz CT molecular complexity index is 1420. The highest BCUT2D eigenvalue weighted by Crippen LogP contribution is 2.30. The molecule has 5 nitrogen and oxygen atoms in total. The Kier molecular flexibility index (Phi) is 8.19. The van der Waals surface area contributed by atoms with Gasteiger partial charge in [-0.3, -0.25) is 0 Å². The minimum absolute atomic E-state index is 0.333. The van der Waals surface area contributed by atoms with Gasteiger partial charge in [0.25, 0.3) is 0 Å². The van der Waals surface area contributed by atoms with Crippen LogP contribution >= 0.6 is 27.5 Å². The zero-order valence-electron chi connectivity index (χ0n) is 20.7. The van der Waals surface area contributed by atoms with Gasteiger partial charge in [0.1, 0.15) is 5.82 Å². The van der Waals surface area contributed by atoms with Crippen LogP contribution in [0.15, 0.2) is 102 Å². The summed E-state index contributed by atoms with van der Waals surface area (Å²) in [5.41, 5.74) is 5.15. The topological polar surface area (TPSA) is 45.5 Å². The van der Waals surface area contributed by atoms with Gasteiger partial charge in [0, 0.05) is 35.7 Å². The second-order valence-corrected chi connectivity index (χ2v) is 10.4. The van der Waals surface area contributed by atoms with Crippen molar-refractivity contribution in [1.82, 2.24) is 19.5 Å². The lowest BCUT2D eigenvalue weighted by molar-refractivity contribution is 0.322. The van der Waals surface area contributed by atoms with Gasteiger partial charge in [-0.1, -0.05) is 90.5 Å². The fourth-order valence-corrected chi connectivity index (χ4v) is 5.19. The molecule has 0 radical (unpaired) electrons. The molecule has 2 heterocycles. The summed E-state index contributed by atoms with van der Waals surface area (Å²) < 4.78 is 2.67. The SMILES string of the molecule is CN(CCCNc1cc(-c2ccccc2Cl)nc2c(Br)cnn12)CC(c1ccccc1)c1ccccc1. The van der Waals surface area contributed by atoms with Crippen LogP contribution in [0.4, 0.5) is 5.82 Å². The molecule has 3 aromatic carbocycles. The van der Waals surface area contributed by atoms with Gasteiger partial charge < -0.3 is 10.2 Å². The van der Waals surface area contributed by atoms with Gasteiger partial charge in [0.05, 0.1) is 16.4 Å². The van der Waals surface area contributed by atoms with E-state index in [2.05, 4.69) is 99.0 Å². The summed E-state index contributed by atoms with van der Waals surface area (Å²) in [5, 5.41) is 8.74. The fourth-order valence-electron chi connectivity index (χ4n) is 4.61.